The van der Waals surface area contributed by atoms with Crippen LogP contribution < -0.4 is 4.74 Å². The summed E-state index contributed by atoms with van der Waals surface area (Å²) in [5.74, 6) is 0.788. The summed E-state index contributed by atoms with van der Waals surface area (Å²) in [5.41, 5.74) is 3.51. The molecule has 0 bridgehead atoms. The molecule has 122 valence electrons. The van der Waals surface area contributed by atoms with Gasteiger partial charge in [0.15, 0.2) is 0 Å². The summed E-state index contributed by atoms with van der Waals surface area (Å²) in [6.07, 6.45) is 3.74. The van der Waals surface area contributed by atoms with Gasteiger partial charge in [-0.15, -0.1) is 0 Å². The summed E-state index contributed by atoms with van der Waals surface area (Å²) >= 11 is 0. The summed E-state index contributed by atoms with van der Waals surface area (Å²) in [6.45, 7) is 4.88. The van der Waals surface area contributed by atoms with Crippen LogP contribution in [-0.2, 0) is 0 Å². The van der Waals surface area contributed by atoms with Crippen LogP contribution in [0.1, 0.15) is 35.7 Å². The van der Waals surface area contributed by atoms with Gasteiger partial charge < -0.3 is 9.64 Å². The molecule has 0 spiro atoms. The lowest BCUT2D eigenvalue weighted by Gasteiger charge is -2.13. The molecule has 0 atom stereocenters. The molecule has 0 fully saturated rings. The molecule has 0 saturated heterocycles. The van der Waals surface area contributed by atoms with Crippen molar-refractivity contribution in [2.24, 2.45) is 0 Å². The van der Waals surface area contributed by atoms with Gasteiger partial charge in [0.1, 0.15) is 5.75 Å². The van der Waals surface area contributed by atoms with E-state index in [-0.39, 0.29) is 5.91 Å². The molecule has 0 unspecified atom stereocenters. The summed E-state index contributed by atoms with van der Waals surface area (Å²) in [6, 6.07) is 9.77. The fourth-order valence-corrected chi connectivity index (χ4v) is 2.23. The number of aryl methyl sites for hydroxylation is 1. The van der Waals surface area contributed by atoms with Gasteiger partial charge in [0, 0.05) is 25.9 Å². The van der Waals surface area contributed by atoms with E-state index in [0.29, 0.717) is 12.2 Å². The molecule has 1 heterocycles. The predicted octanol–water partition coefficient (Wildman–Crippen LogP) is 3.94. The Bertz CT molecular complexity index is 664. The number of carbonyl (C=O) groups excluding carboxylic acids is 1. The van der Waals surface area contributed by atoms with E-state index in [0.717, 1.165) is 35.4 Å². The van der Waals surface area contributed by atoms with Crippen LogP contribution >= 0.6 is 0 Å². The SMILES string of the molecule is CCCCOc1ccc(C)cc1-c1ccc(C(=O)N(C)C)cn1. The molecular formula is C19H24N2O2. The van der Waals surface area contributed by atoms with Crippen molar-refractivity contribution in [1.82, 2.24) is 9.88 Å². The molecule has 0 N–H and O–H groups in total. The molecule has 1 amide bonds. The van der Waals surface area contributed by atoms with Crippen molar-refractivity contribution < 1.29 is 9.53 Å². The Hall–Kier alpha value is -2.36. The summed E-state index contributed by atoms with van der Waals surface area (Å²) < 4.78 is 5.89. The van der Waals surface area contributed by atoms with Gasteiger partial charge in [0.25, 0.3) is 5.91 Å². The number of carbonyl (C=O) groups is 1. The van der Waals surface area contributed by atoms with Crippen LogP contribution in [0, 0.1) is 6.92 Å². The second-order valence-electron chi connectivity index (χ2n) is 5.83. The first-order valence-electron chi connectivity index (χ1n) is 7.94. The number of rotatable bonds is 6. The fourth-order valence-electron chi connectivity index (χ4n) is 2.23. The maximum absolute atomic E-state index is 11.9. The topological polar surface area (TPSA) is 42.4 Å². The Morgan fingerprint density at radius 1 is 1.22 bits per heavy atom. The van der Waals surface area contributed by atoms with Gasteiger partial charge in [-0.1, -0.05) is 25.0 Å². The molecule has 4 heteroatoms. The predicted molar refractivity (Wildman–Crippen MR) is 92.8 cm³/mol. The van der Waals surface area contributed by atoms with E-state index in [1.54, 1.807) is 25.2 Å². The molecule has 0 aliphatic heterocycles. The van der Waals surface area contributed by atoms with Crippen molar-refractivity contribution in [3.63, 3.8) is 0 Å². The second-order valence-corrected chi connectivity index (χ2v) is 5.83. The average molecular weight is 312 g/mol. The first-order valence-corrected chi connectivity index (χ1v) is 7.94. The van der Waals surface area contributed by atoms with E-state index in [1.807, 2.05) is 31.2 Å². The molecule has 23 heavy (non-hydrogen) atoms. The molecule has 4 nitrogen and oxygen atoms in total. The fraction of sp³-hybridized carbons (Fsp3) is 0.368. The lowest BCUT2D eigenvalue weighted by molar-refractivity contribution is 0.0827. The van der Waals surface area contributed by atoms with E-state index < -0.39 is 0 Å². The number of pyridine rings is 1. The number of benzene rings is 1. The van der Waals surface area contributed by atoms with Gasteiger partial charge in [0.2, 0.25) is 0 Å². The highest BCUT2D eigenvalue weighted by Gasteiger charge is 2.11. The van der Waals surface area contributed by atoms with Crippen LogP contribution in [0.15, 0.2) is 36.5 Å². The van der Waals surface area contributed by atoms with Crippen LogP contribution in [0.2, 0.25) is 0 Å². The van der Waals surface area contributed by atoms with Crippen molar-refractivity contribution >= 4 is 5.91 Å². The van der Waals surface area contributed by atoms with Crippen LogP contribution in [0.25, 0.3) is 11.3 Å². The lowest BCUT2D eigenvalue weighted by atomic mass is 10.1. The van der Waals surface area contributed by atoms with E-state index in [9.17, 15) is 4.79 Å². The smallest absolute Gasteiger partial charge is 0.254 e. The Kier molecular flexibility index (Phi) is 5.74. The van der Waals surface area contributed by atoms with Crippen molar-refractivity contribution in [3.05, 3.63) is 47.7 Å². The zero-order valence-electron chi connectivity index (χ0n) is 14.3. The average Bonchev–Trinajstić information content (AvgIpc) is 2.55. The Balaban J connectivity index is 2.29. The second kappa shape index (κ2) is 7.77. The van der Waals surface area contributed by atoms with E-state index in [2.05, 4.69) is 18.0 Å². The van der Waals surface area contributed by atoms with Crippen LogP contribution in [0.5, 0.6) is 5.75 Å². The molecule has 2 rings (SSSR count). The first kappa shape index (κ1) is 17.0. The number of amides is 1. The number of unbranched alkanes of at least 4 members (excludes halogenated alkanes) is 1. The van der Waals surface area contributed by atoms with Crippen molar-refractivity contribution in [2.75, 3.05) is 20.7 Å². The molecule has 0 saturated carbocycles. The van der Waals surface area contributed by atoms with Crippen LogP contribution in [-0.4, -0.2) is 36.5 Å². The maximum atomic E-state index is 11.9. The minimum absolute atomic E-state index is 0.0484. The molecule has 0 aliphatic rings. The maximum Gasteiger partial charge on any atom is 0.254 e. The lowest BCUT2D eigenvalue weighted by Crippen LogP contribution is -2.21. The highest BCUT2D eigenvalue weighted by atomic mass is 16.5. The van der Waals surface area contributed by atoms with Gasteiger partial charge in [0.05, 0.1) is 17.9 Å². The van der Waals surface area contributed by atoms with E-state index in [4.69, 9.17) is 4.74 Å². The third-order valence-corrected chi connectivity index (χ3v) is 3.58. The highest BCUT2D eigenvalue weighted by molar-refractivity contribution is 5.93. The Morgan fingerprint density at radius 2 is 2.00 bits per heavy atom. The third kappa shape index (κ3) is 4.31. The zero-order valence-corrected chi connectivity index (χ0v) is 14.3. The monoisotopic (exact) mass is 312 g/mol. The standard InChI is InChI=1S/C19H24N2O2/c1-5-6-11-23-18-10-7-14(2)12-16(18)17-9-8-15(13-20-17)19(22)21(3)4/h7-10,12-13H,5-6,11H2,1-4H3. The minimum atomic E-state index is -0.0484. The third-order valence-electron chi connectivity index (χ3n) is 3.58. The quantitative estimate of drug-likeness (QED) is 0.759. The first-order chi connectivity index (χ1) is 11.0. The zero-order chi connectivity index (χ0) is 16.8. The molecule has 1 aromatic carbocycles. The van der Waals surface area contributed by atoms with E-state index in [1.165, 1.54) is 0 Å². The van der Waals surface area contributed by atoms with Gasteiger partial charge in [-0.25, -0.2) is 0 Å². The Labute approximate surface area is 138 Å². The summed E-state index contributed by atoms with van der Waals surface area (Å²) in [5, 5.41) is 0. The largest absolute Gasteiger partial charge is 0.493 e. The van der Waals surface area contributed by atoms with Gasteiger partial charge in [-0.2, -0.15) is 0 Å². The van der Waals surface area contributed by atoms with Crippen molar-refractivity contribution in [3.8, 4) is 17.0 Å². The minimum Gasteiger partial charge on any atom is -0.493 e. The van der Waals surface area contributed by atoms with Gasteiger partial charge in [-0.3, -0.25) is 9.78 Å². The van der Waals surface area contributed by atoms with Gasteiger partial charge >= 0.3 is 0 Å². The molecule has 1 aromatic heterocycles. The van der Waals surface area contributed by atoms with Crippen LogP contribution in [0.3, 0.4) is 0 Å². The van der Waals surface area contributed by atoms with Crippen molar-refractivity contribution in [1.29, 1.82) is 0 Å². The molecule has 0 aliphatic carbocycles. The van der Waals surface area contributed by atoms with Crippen molar-refractivity contribution in [2.45, 2.75) is 26.7 Å². The van der Waals surface area contributed by atoms with E-state index >= 15 is 0 Å². The Morgan fingerprint density at radius 3 is 2.61 bits per heavy atom. The number of hydrogen-bond donors (Lipinski definition) is 0. The normalized spacial score (nSPS) is 10.4. The van der Waals surface area contributed by atoms with Crippen LogP contribution in [0.4, 0.5) is 0 Å². The molecule has 0 radical (unpaired) electrons. The number of aromatic nitrogens is 1. The summed E-state index contributed by atoms with van der Waals surface area (Å²) in [4.78, 5) is 17.9. The number of ether oxygens (including phenoxy) is 1. The summed E-state index contributed by atoms with van der Waals surface area (Å²) in [7, 11) is 3.47. The molecular weight excluding hydrogens is 288 g/mol. The van der Waals surface area contributed by atoms with Gasteiger partial charge in [-0.05, 0) is 37.6 Å². The highest BCUT2D eigenvalue weighted by Crippen LogP contribution is 2.30. The number of nitrogens with zero attached hydrogens (tertiary/aromatic N) is 2. The molecule has 2 aromatic rings. The number of hydrogen-bond acceptors (Lipinski definition) is 3.